The van der Waals surface area contributed by atoms with Crippen molar-refractivity contribution < 1.29 is 9.90 Å². The van der Waals surface area contributed by atoms with Gasteiger partial charge in [0.25, 0.3) is 0 Å². The Kier molecular flexibility index (Phi) is 4.85. The molecule has 0 aromatic carbocycles. The minimum atomic E-state index is -0.670. The van der Waals surface area contributed by atoms with Gasteiger partial charge in [0.05, 0.1) is 11.5 Å². The number of carbonyl (C=O) groups excluding carboxylic acids is 1. The van der Waals surface area contributed by atoms with Crippen LogP contribution >= 0.6 is 0 Å². The largest absolute Gasteiger partial charge is 0.388 e. The van der Waals surface area contributed by atoms with Crippen LogP contribution in [0.15, 0.2) is 0 Å². The van der Waals surface area contributed by atoms with Crippen LogP contribution in [-0.4, -0.2) is 35.7 Å². The van der Waals surface area contributed by atoms with Gasteiger partial charge in [-0.1, -0.05) is 13.3 Å². The Morgan fingerprint density at radius 3 is 2.58 bits per heavy atom. The minimum absolute atomic E-state index is 0.0654. The van der Waals surface area contributed by atoms with E-state index in [9.17, 15) is 9.90 Å². The number of carbonyl (C=O) groups is 1. The highest BCUT2D eigenvalue weighted by Gasteiger charge is 2.35. The molecular weight excluding hydrogens is 240 g/mol. The highest BCUT2D eigenvalue weighted by Crippen LogP contribution is 2.33. The van der Waals surface area contributed by atoms with Crippen molar-refractivity contribution in [3.63, 3.8) is 0 Å². The van der Waals surface area contributed by atoms with E-state index in [2.05, 4.69) is 24.5 Å². The molecule has 0 spiro atoms. The van der Waals surface area contributed by atoms with E-state index in [0.717, 1.165) is 44.6 Å². The van der Waals surface area contributed by atoms with Crippen molar-refractivity contribution in [3.05, 3.63) is 0 Å². The lowest BCUT2D eigenvalue weighted by Gasteiger charge is -2.36. The van der Waals surface area contributed by atoms with E-state index < -0.39 is 5.60 Å². The molecule has 1 amide bonds. The van der Waals surface area contributed by atoms with Crippen LogP contribution in [0.1, 0.15) is 52.4 Å². The predicted molar refractivity (Wildman–Crippen MR) is 75.8 cm³/mol. The molecule has 4 nitrogen and oxygen atoms in total. The molecule has 1 saturated heterocycles. The monoisotopic (exact) mass is 268 g/mol. The lowest BCUT2D eigenvalue weighted by atomic mass is 9.78. The summed E-state index contributed by atoms with van der Waals surface area (Å²) in [6.07, 6.45) is 5.93. The first-order valence-corrected chi connectivity index (χ1v) is 7.77. The molecule has 0 aromatic heterocycles. The van der Waals surface area contributed by atoms with Gasteiger partial charge in [0.15, 0.2) is 0 Å². The van der Waals surface area contributed by atoms with Crippen molar-refractivity contribution in [1.29, 1.82) is 0 Å². The summed E-state index contributed by atoms with van der Waals surface area (Å²) in [7, 11) is 0. The molecule has 2 fully saturated rings. The van der Waals surface area contributed by atoms with E-state index in [-0.39, 0.29) is 17.9 Å². The fraction of sp³-hybridized carbons (Fsp3) is 0.933. The molecule has 3 N–H and O–H groups in total. The van der Waals surface area contributed by atoms with E-state index >= 15 is 0 Å². The average molecular weight is 268 g/mol. The van der Waals surface area contributed by atoms with Gasteiger partial charge in [-0.3, -0.25) is 4.79 Å². The molecule has 1 heterocycles. The molecule has 1 aliphatic heterocycles. The number of aliphatic hydroxyl groups is 1. The fourth-order valence-electron chi connectivity index (χ4n) is 3.40. The number of hydrogen-bond donors (Lipinski definition) is 3. The van der Waals surface area contributed by atoms with Gasteiger partial charge < -0.3 is 15.7 Å². The van der Waals surface area contributed by atoms with Crippen molar-refractivity contribution in [2.75, 3.05) is 13.1 Å². The molecule has 1 aliphatic carbocycles. The molecule has 2 aliphatic rings. The Bertz CT molecular complexity index is 311. The molecule has 0 bridgehead atoms. The van der Waals surface area contributed by atoms with E-state index in [4.69, 9.17) is 0 Å². The standard InChI is InChI=1S/C15H28N2O2/c1-3-12-4-7-15(19,8-5-12)10-17-14(18)13-6-9-16-11(13)2/h11-13,16,19H,3-10H2,1-2H3,(H,17,18). The molecule has 110 valence electrons. The first-order valence-electron chi connectivity index (χ1n) is 7.77. The molecule has 1 saturated carbocycles. The number of amides is 1. The summed E-state index contributed by atoms with van der Waals surface area (Å²) < 4.78 is 0. The van der Waals surface area contributed by atoms with Crippen LogP contribution in [0.2, 0.25) is 0 Å². The second kappa shape index (κ2) is 6.23. The normalized spacial score (nSPS) is 39.2. The summed E-state index contributed by atoms with van der Waals surface area (Å²) in [5.41, 5.74) is -0.670. The summed E-state index contributed by atoms with van der Waals surface area (Å²) in [4.78, 5) is 12.1. The molecule has 0 radical (unpaired) electrons. The molecule has 0 aromatic rings. The van der Waals surface area contributed by atoms with Crippen LogP contribution in [-0.2, 0) is 4.79 Å². The summed E-state index contributed by atoms with van der Waals surface area (Å²) in [5, 5.41) is 16.8. The molecular formula is C15H28N2O2. The third-order valence-corrected chi connectivity index (χ3v) is 5.07. The Morgan fingerprint density at radius 2 is 2.05 bits per heavy atom. The molecule has 2 atom stereocenters. The zero-order valence-electron chi connectivity index (χ0n) is 12.2. The maximum absolute atomic E-state index is 12.1. The fourth-order valence-corrected chi connectivity index (χ4v) is 3.40. The second-order valence-corrected chi connectivity index (χ2v) is 6.43. The lowest BCUT2D eigenvalue weighted by molar-refractivity contribution is -0.126. The second-order valence-electron chi connectivity index (χ2n) is 6.43. The van der Waals surface area contributed by atoms with Crippen molar-refractivity contribution in [3.8, 4) is 0 Å². The summed E-state index contributed by atoms with van der Waals surface area (Å²) in [6, 6.07) is 0.255. The van der Waals surface area contributed by atoms with E-state index in [1.54, 1.807) is 0 Å². The van der Waals surface area contributed by atoms with Crippen LogP contribution in [0, 0.1) is 11.8 Å². The van der Waals surface area contributed by atoms with Gasteiger partial charge in [0.1, 0.15) is 0 Å². The van der Waals surface area contributed by atoms with Gasteiger partial charge in [-0.05, 0) is 51.5 Å². The zero-order chi connectivity index (χ0) is 13.9. The Hall–Kier alpha value is -0.610. The lowest BCUT2D eigenvalue weighted by Crippen LogP contribution is -2.47. The van der Waals surface area contributed by atoms with Crippen LogP contribution in [0.5, 0.6) is 0 Å². The van der Waals surface area contributed by atoms with Crippen LogP contribution in [0.4, 0.5) is 0 Å². The van der Waals surface area contributed by atoms with E-state index in [1.165, 1.54) is 6.42 Å². The molecule has 2 unspecified atom stereocenters. The number of hydrogen-bond acceptors (Lipinski definition) is 3. The van der Waals surface area contributed by atoms with Crippen molar-refractivity contribution in [2.24, 2.45) is 11.8 Å². The topological polar surface area (TPSA) is 61.4 Å². The maximum atomic E-state index is 12.1. The zero-order valence-corrected chi connectivity index (χ0v) is 12.2. The number of nitrogens with one attached hydrogen (secondary N) is 2. The van der Waals surface area contributed by atoms with Crippen LogP contribution in [0.3, 0.4) is 0 Å². The van der Waals surface area contributed by atoms with Gasteiger partial charge in [-0.2, -0.15) is 0 Å². The molecule has 4 heteroatoms. The quantitative estimate of drug-likeness (QED) is 0.723. The van der Waals surface area contributed by atoms with Gasteiger partial charge in [-0.15, -0.1) is 0 Å². The first kappa shape index (κ1) is 14.8. The minimum Gasteiger partial charge on any atom is -0.388 e. The van der Waals surface area contributed by atoms with Crippen molar-refractivity contribution in [1.82, 2.24) is 10.6 Å². The SMILES string of the molecule is CCC1CCC(O)(CNC(=O)C2CCNC2C)CC1. The smallest absolute Gasteiger partial charge is 0.224 e. The highest BCUT2D eigenvalue weighted by atomic mass is 16.3. The van der Waals surface area contributed by atoms with Crippen molar-refractivity contribution in [2.45, 2.75) is 64.0 Å². The highest BCUT2D eigenvalue weighted by molar-refractivity contribution is 5.79. The predicted octanol–water partition coefficient (Wildman–Crippen LogP) is 1.43. The van der Waals surface area contributed by atoms with E-state index in [0.29, 0.717) is 6.54 Å². The third kappa shape index (κ3) is 3.69. The maximum Gasteiger partial charge on any atom is 0.224 e. The van der Waals surface area contributed by atoms with Gasteiger partial charge in [-0.25, -0.2) is 0 Å². The summed E-state index contributed by atoms with van der Waals surface area (Å²) in [5.74, 6) is 0.925. The Morgan fingerprint density at radius 1 is 1.37 bits per heavy atom. The van der Waals surface area contributed by atoms with Crippen molar-refractivity contribution >= 4 is 5.91 Å². The summed E-state index contributed by atoms with van der Waals surface area (Å²) >= 11 is 0. The molecule has 2 rings (SSSR count). The average Bonchev–Trinajstić information content (AvgIpc) is 2.83. The molecule has 19 heavy (non-hydrogen) atoms. The first-order chi connectivity index (χ1) is 9.04. The van der Waals surface area contributed by atoms with E-state index in [1.807, 2.05) is 0 Å². The van der Waals surface area contributed by atoms with Gasteiger partial charge in [0, 0.05) is 12.6 Å². The number of rotatable bonds is 4. The third-order valence-electron chi connectivity index (χ3n) is 5.07. The van der Waals surface area contributed by atoms with Crippen LogP contribution < -0.4 is 10.6 Å². The van der Waals surface area contributed by atoms with Gasteiger partial charge in [0.2, 0.25) is 5.91 Å². The Balaban J connectivity index is 1.77. The Labute approximate surface area is 116 Å². The van der Waals surface area contributed by atoms with Gasteiger partial charge >= 0.3 is 0 Å². The summed E-state index contributed by atoms with van der Waals surface area (Å²) in [6.45, 7) is 5.61. The van der Waals surface area contributed by atoms with Crippen LogP contribution in [0.25, 0.3) is 0 Å².